The largest absolute Gasteiger partial charge is 0.321 e. The molecular formula is C16H19NOS. The van der Waals surface area contributed by atoms with Crippen molar-refractivity contribution in [2.75, 3.05) is 5.32 Å². The van der Waals surface area contributed by atoms with E-state index in [1.54, 1.807) is 11.3 Å². The normalized spacial score (nSPS) is 10.5. The van der Waals surface area contributed by atoms with Crippen LogP contribution in [0, 0.1) is 13.8 Å². The zero-order chi connectivity index (χ0) is 13.8. The molecule has 0 aliphatic carbocycles. The van der Waals surface area contributed by atoms with Crippen LogP contribution in [0.5, 0.6) is 0 Å². The summed E-state index contributed by atoms with van der Waals surface area (Å²) in [6.07, 6.45) is 2.15. The third-order valence-corrected chi connectivity index (χ3v) is 4.16. The highest BCUT2D eigenvalue weighted by Crippen LogP contribution is 2.23. The quantitative estimate of drug-likeness (QED) is 0.868. The first kappa shape index (κ1) is 13.8. The average Bonchev–Trinajstić information content (AvgIpc) is 2.75. The molecule has 0 radical (unpaired) electrons. The summed E-state index contributed by atoms with van der Waals surface area (Å²) in [5.74, 6) is -0.0145. The van der Waals surface area contributed by atoms with Crippen molar-refractivity contribution in [3.63, 3.8) is 0 Å². The van der Waals surface area contributed by atoms with E-state index in [4.69, 9.17) is 0 Å². The van der Waals surface area contributed by atoms with Crippen LogP contribution in [0.15, 0.2) is 30.3 Å². The Balaban J connectivity index is 2.11. The lowest BCUT2D eigenvalue weighted by Crippen LogP contribution is -2.09. The molecule has 2 rings (SSSR count). The number of nitrogens with one attached hydrogen (secondary N) is 1. The Labute approximate surface area is 118 Å². The van der Waals surface area contributed by atoms with Gasteiger partial charge in [0.25, 0.3) is 5.91 Å². The Bertz CT molecular complexity index is 569. The van der Waals surface area contributed by atoms with E-state index < -0.39 is 0 Å². The molecule has 0 unspecified atom stereocenters. The van der Waals surface area contributed by atoms with Gasteiger partial charge in [-0.25, -0.2) is 0 Å². The molecule has 2 aromatic rings. The third kappa shape index (κ3) is 3.44. The number of hydrogen-bond donors (Lipinski definition) is 1. The molecule has 19 heavy (non-hydrogen) atoms. The number of amides is 1. The van der Waals surface area contributed by atoms with Gasteiger partial charge in [-0.2, -0.15) is 0 Å². The van der Waals surface area contributed by atoms with Crippen molar-refractivity contribution in [2.24, 2.45) is 0 Å². The second-order valence-electron chi connectivity index (χ2n) is 4.76. The van der Waals surface area contributed by atoms with Crippen LogP contribution in [0.4, 0.5) is 5.69 Å². The van der Waals surface area contributed by atoms with Gasteiger partial charge in [0.05, 0.1) is 4.88 Å². The Kier molecular flexibility index (Phi) is 4.38. The van der Waals surface area contributed by atoms with Crippen LogP contribution in [-0.4, -0.2) is 5.91 Å². The number of anilines is 1. The van der Waals surface area contributed by atoms with E-state index in [-0.39, 0.29) is 5.91 Å². The number of carbonyl (C=O) groups excluding carboxylic acids is 1. The highest BCUT2D eigenvalue weighted by molar-refractivity contribution is 7.14. The number of hydrogen-bond acceptors (Lipinski definition) is 2. The Morgan fingerprint density at radius 3 is 2.53 bits per heavy atom. The van der Waals surface area contributed by atoms with Gasteiger partial charge in [-0.3, -0.25) is 4.79 Å². The number of rotatable bonds is 4. The van der Waals surface area contributed by atoms with Crippen molar-refractivity contribution >= 4 is 22.9 Å². The van der Waals surface area contributed by atoms with Crippen LogP contribution in [-0.2, 0) is 6.42 Å². The summed E-state index contributed by atoms with van der Waals surface area (Å²) in [5.41, 5.74) is 3.33. The molecule has 0 atom stereocenters. The fraction of sp³-hybridized carbons (Fsp3) is 0.312. The van der Waals surface area contributed by atoms with E-state index >= 15 is 0 Å². The molecule has 0 bridgehead atoms. The first-order valence-electron chi connectivity index (χ1n) is 6.57. The molecule has 0 saturated heterocycles. The summed E-state index contributed by atoms with van der Waals surface area (Å²) in [7, 11) is 0. The van der Waals surface area contributed by atoms with Crippen LogP contribution in [0.3, 0.4) is 0 Å². The summed E-state index contributed by atoms with van der Waals surface area (Å²) in [6.45, 7) is 6.27. The maximum Gasteiger partial charge on any atom is 0.265 e. The Morgan fingerprint density at radius 2 is 1.89 bits per heavy atom. The van der Waals surface area contributed by atoms with Crippen LogP contribution < -0.4 is 5.32 Å². The lowest BCUT2D eigenvalue weighted by atomic mass is 10.1. The topological polar surface area (TPSA) is 29.1 Å². The van der Waals surface area contributed by atoms with Crippen molar-refractivity contribution in [1.82, 2.24) is 0 Å². The number of benzene rings is 1. The van der Waals surface area contributed by atoms with Crippen molar-refractivity contribution in [3.8, 4) is 0 Å². The predicted octanol–water partition coefficient (Wildman–Crippen LogP) is 4.57. The minimum absolute atomic E-state index is 0.0145. The van der Waals surface area contributed by atoms with Gasteiger partial charge in [-0.05, 0) is 44.0 Å². The molecule has 1 aromatic carbocycles. The molecule has 1 N–H and O–H groups in total. The van der Waals surface area contributed by atoms with Crippen molar-refractivity contribution in [3.05, 3.63) is 51.2 Å². The Hall–Kier alpha value is -1.61. The molecule has 0 aliphatic heterocycles. The molecule has 3 heteroatoms. The monoisotopic (exact) mass is 273 g/mol. The number of carbonyl (C=O) groups is 1. The van der Waals surface area contributed by atoms with Crippen molar-refractivity contribution < 1.29 is 4.79 Å². The molecule has 2 nitrogen and oxygen atoms in total. The predicted molar refractivity (Wildman–Crippen MR) is 82.2 cm³/mol. The number of thiophene rings is 1. The SMILES string of the molecule is CCCc1cc(C(=O)Nc2ccc(C)cc2)sc1C. The average molecular weight is 273 g/mol. The van der Waals surface area contributed by atoms with Crippen LogP contribution in [0.25, 0.3) is 0 Å². The first-order valence-corrected chi connectivity index (χ1v) is 7.39. The van der Waals surface area contributed by atoms with Crippen molar-refractivity contribution in [1.29, 1.82) is 0 Å². The Morgan fingerprint density at radius 1 is 1.21 bits per heavy atom. The standard InChI is InChI=1S/C16H19NOS/c1-4-5-13-10-15(19-12(13)3)16(18)17-14-8-6-11(2)7-9-14/h6-10H,4-5H2,1-3H3,(H,17,18). The summed E-state index contributed by atoms with van der Waals surface area (Å²) < 4.78 is 0. The maximum absolute atomic E-state index is 12.2. The van der Waals surface area contributed by atoms with Gasteiger partial charge in [-0.15, -0.1) is 11.3 Å². The zero-order valence-electron chi connectivity index (χ0n) is 11.6. The van der Waals surface area contributed by atoms with Gasteiger partial charge in [-0.1, -0.05) is 31.0 Å². The fourth-order valence-electron chi connectivity index (χ4n) is 1.98. The third-order valence-electron chi connectivity index (χ3n) is 3.07. The van der Waals surface area contributed by atoms with Crippen molar-refractivity contribution in [2.45, 2.75) is 33.6 Å². The van der Waals surface area contributed by atoms with E-state index in [9.17, 15) is 4.79 Å². The minimum atomic E-state index is -0.0145. The number of aryl methyl sites for hydroxylation is 3. The maximum atomic E-state index is 12.2. The van der Waals surface area contributed by atoms with E-state index in [1.165, 1.54) is 16.0 Å². The molecular weight excluding hydrogens is 254 g/mol. The second-order valence-corrected chi connectivity index (χ2v) is 6.02. The summed E-state index contributed by atoms with van der Waals surface area (Å²) in [5, 5.41) is 2.94. The van der Waals surface area contributed by atoms with Gasteiger partial charge < -0.3 is 5.32 Å². The molecule has 0 spiro atoms. The molecule has 0 fully saturated rings. The first-order chi connectivity index (χ1) is 9.10. The van der Waals surface area contributed by atoms with Crippen LogP contribution in [0.1, 0.15) is 39.0 Å². The van der Waals surface area contributed by atoms with Crippen LogP contribution >= 0.6 is 11.3 Å². The molecule has 100 valence electrons. The lowest BCUT2D eigenvalue weighted by Gasteiger charge is -2.03. The van der Waals surface area contributed by atoms with E-state index in [0.29, 0.717) is 0 Å². The summed E-state index contributed by atoms with van der Waals surface area (Å²) in [4.78, 5) is 14.2. The molecule has 0 aliphatic rings. The summed E-state index contributed by atoms with van der Waals surface area (Å²) >= 11 is 1.57. The van der Waals surface area contributed by atoms with Gasteiger partial charge in [0.1, 0.15) is 0 Å². The molecule has 1 amide bonds. The van der Waals surface area contributed by atoms with Gasteiger partial charge in [0, 0.05) is 10.6 Å². The van der Waals surface area contributed by atoms with E-state index in [2.05, 4.69) is 19.2 Å². The zero-order valence-corrected chi connectivity index (χ0v) is 12.4. The highest BCUT2D eigenvalue weighted by atomic mass is 32.1. The highest BCUT2D eigenvalue weighted by Gasteiger charge is 2.12. The second kappa shape index (κ2) is 6.02. The molecule has 1 heterocycles. The van der Waals surface area contributed by atoms with Crippen LogP contribution in [0.2, 0.25) is 0 Å². The summed E-state index contributed by atoms with van der Waals surface area (Å²) in [6, 6.07) is 9.88. The van der Waals surface area contributed by atoms with Gasteiger partial charge in [0.2, 0.25) is 0 Å². The van der Waals surface area contributed by atoms with Gasteiger partial charge in [0.15, 0.2) is 0 Å². The fourth-order valence-corrected chi connectivity index (χ4v) is 2.95. The van der Waals surface area contributed by atoms with E-state index in [0.717, 1.165) is 23.4 Å². The lowest BCUT2D eigenvalue weighted by molar-refractivity contribution is 0.103. The molecule has 1 aromatic heterocycles. The molecule has 0 saturated carbocycles. The smallest absolute Gasteiger partial charge is 0.265 e. The minimum Gasteiger partial charge on any atom is -0.321 e. The van der Waals surface area contributed by atoms with Gasteiger partial charge >= 0.3 is 0 Å². The van der Waals surface area contributed by atoms with E-state index in [1.807, 2.05) is 37.3 Å².